The highest BCUT2D eigenvalue weighted by Crippen LogP contribution is 2.28. The minimum absolute atomic E-state index is 0.132. The van der Waals surface area contributed by atoms with Crippen molar-refractivity contribution < 1.29 is 42.9 Å². The van der Waals surface area contributed by atoms with Gasteiger partial charge in [0.2, 0.25) is 5.91 Å². The van der Waals surface area contributed by atoms with Crippen LogP contribution in [0.2, 0.25) is 0 Å². The predicted octanol–water partition coefficient (Wildman–Crippen LogP) is 0.859. The van der Waals surface area contributed by atoms with E-state index in [0.717, 1.165) is 5.56 Å². The third kappa shape index (κ3) is 7.65. The highest BCUT2D eigenvalue weighted by molar-refractivity contribution is 5.73. The monoisotopic (exact) mass is 437 g/mol. The van der Waals surface area contributed by atoms with Gasteiger partial charge in [-0.3, -0.25) is 19.2 Å². The zero-order chi connectivity index (χ0) is 23.0. The smallest absolute Gasteiger partial charge is 0.303 e. The second kappa shape index (κ2) is 11.4. The Balaban J connectivity index is 2.35. The SMILES string of the molecule is CC(=O)N[C@@H]1[C@H](OCc2ccccc2)O[C@H](COC(C)=O)[C@H](OC(C)=O)[C@@H]1OC(C)=O. The van der Waals surface area contributed by atoms with E-state index >= 15 is 0 Å². The molecule has 1 N–H and O–H groups in total. The molecule has 0 aliphatic carbocycles. The predicted molar refractivity (Wildman–Crippen MR) is 105 cm³/mol. The molecule has 2 rings (SSSR count). The van der Waals surface area contributed by atoms with E-state index in [1.165, 1.54) is 27.7 Å². The van der Waals surface area contributed by atoms with Crippen LogP contribution in [0.5, 0.6) is 0 Å². The van der Waals surface area contributed by atoms with Gasteiger partial charge in [0.05, 0.1) is 6.61 Å². The molecule has 1 aromatic rings. The standard InChI is InChI=1S/C21H27NO9/c1-12(23)22-18-20(30-15(4)26)19(29-14(3)25)17(11-27-13(2)24)31-21(18)28-10-16-8-6-5-7-9-16/h5-9,17-21H,10-11H2,1-4H3,(H,22,23)/t17-,18+,19+,20-,21-/m1/s1. The van der Waals surface area contributed by atoms with Crippen LogP contribution in [0.4, 0.5) is 0 Å². The van der Waals surface area contributed by atoms with Crippen LogP contribution < -0.4 is 5.32 Å². The number of hydrogen-bond donors (Lipinski definition) is 1. The van der Waals surface area contributed by atoms with Crippen molar-refractivity contribution in [2.45, 2.75) is 64.9 Å². The average molecular weight is 437 g/mol. The first-order chi connectivity index (χ1) is 14.7. The summed E-state index contributed by atoms with van der Waals surface area (Å²) >= 11 is 0. The van der Waals surface area contributed by atoms with Crippen LogP contribution in [0, 0.1) is 0 Å². The Morgan fingerprint density at radius 1 is 0.903 bits per heavy atom. The molecule has 1 aromatic carbocycles. The number of benzene rings is 1. The van der Waals surface area contributed by atoms with E-state index in [4.69, 9.17) is 23.7 Å². The van der Waals surface area contributed by atoms with Crippen molar-refractivity contribution in [3.05, 3.63) is 35.9 Å². The molecule has 1 fully saturated rings. The van der Waals surface area contributed by atoms with E-state index in [0.29, 0.717) is 0 Å². The Morgan fingerprint density at radius 3 is 2.06 bits per heavy atom. The third-order valence-electron chi connectivity index (χ3n) is 4.33. The number of ether oxygens (including phenoxy) is 5. The van der Waals surface area contributed by atoms with Crippen molar-refractivity contribution in [3.8, 4) is 0 Å². The topological polar surface area (TPSA) is 126 Å². The summed E-state index contributed by atoms with van der Waals surface area (Å²) in [7, 11) is 0. The second-order valence-corrected chi connectivity index (χ2v) is 7.02. The Morgan fingerprint density at radius 2 is 1.52 bits per heavy atom. The number of hydrogen-bond acceptors (Lipinski definition) is 9. The quantitative estimate of drug-likeness (QED) is 0.465. The summed E-state index contributed by atoms with van der Waals surface area (Å²) in [6.45, 7) is 4.72. The molecule has 1 aliphatic heterocycles. The molecule has 0 aromatic heterocycles. The Labute approximate surface area is 180 Å². The van der Waals surface area contributed by atoms with Gasteiger partial charge >= 0.3 is 17.9 Å². The van der Waals surface area contributed by atoms with Gasteiger partial charge < -0.3 is 29.0 Å². The van der Waals surface area contributed by atoms with Gasteiger partial charge in [0.1, 0.15) is 18.8 Å². The van der Waals surface area contributed by atoms with Gasteiger partial charge in [-0.2, -0.15) is 0 Å². The van der Waals surface area contributed by atoms with Crippen LogP contribution >= 0.6 is 0 Å². The lowest BCUT2D eigenvalue weighted by atomic mass is 9.96. The molecule has 0 saturated carbocycles. The first-order valence-corrected chi connectivity index (χ1v) is 9.73. The van der Waals surface area contributed by atoms with Gasteiger partial charge in [0.25, 0.3) is 0 Å². The fraction of sp³-hybridized carbons (Fsp3) is 0.524. The molecule has 10 nitrogen and oxygen atoms in total. The Bertz CT molecular complexity index is 782. The van der Waals surface area contributed by atoms with E-state index < -0.39 is 54.5 Å². The summed E-state index contributed by atoms with van der Waals surface area (Å²) in [6, 6.07) is 8.25. The molecule has 0 spiro atoms. The van der Waals surface area contributed by atoms with Crippen molar-refractivity contribution in [1.82, 2.24) is 5.32 Å². The van der Waals surface area contributed by atoms with Crippen LogP contribution in [0.25, 0.3) is 0 Å². The largest absolute Gasteiger partial charge is 0.463 e. The maximum Gasteiger partial charge on any atom is 0.303 e. The van der Waals surface area contributed by atoms with Crippen LogP contribution in [0.15, 0.2) is 30.3 Å². The van der Waals surface area contributed by atoms with Crippen molar-refractivity contribution in [2.24, 2.45) is 0 Å². The van der Waals surface area contributed by atoms with Gasteiger partial charge in [0.15, 0.2) is 18.5 Å². The lowest BCUT2D eigenvalue weighted by Gasteiger charge is -2.44. The Kier molecular flexibility index (Phi) is 8.95. The number of carbonyl (C=O) groups excluding carboxylic acids is 4. The molecule has 0 bridgehead atoms. The zero-order valence-corrected chi connectivity index (χ0v) is 17.9. The van der Waals surface area contributed by atoms with Crippen LogP contribution in [-0.2, 0) is 49.5 Å². The first kappa shape index (κ1) is 24.3. The van der Waals surface area contributed by atoms with Crippen LogP contribution in [0.1, 0.15) is 33.3 Å². The molecule has 31 heavy (non-hydrogen) atoms. The molecule has 170 valence electrons. The summed E-state index contributed by atoms with van der Waals surface area (Å²) in [5.74, 6) is -2.32. The summed E-state index contributed by atoms with van der Waals surface area (Å²) < 4.78 is 27.6. The summed E-state index contributed by atoms with van der Waals surface area (Å²) in [5.41, 5.74) is 0.843. The summed E-state index contributed by atoms with van der Waals surface area (Å²) in [5, 5.41) is 2.65. The molecular formula is C21H27NO9. The summed E-state index contributed by atoms with van der Waals surface area (Å²) in [6.07, 6.45) is -4.36. The first-order valence-electron chi connectivity index (χ1n) is 9.73. The van der Waals surface area contributed by atoms with Crippen molar-refractivity contribution in [3.63, 3.8) is 0 Å². The molecule has 0 radical (unpaired) electrons. The third-order valence-corrected chi connectivity index (χ3v) is 4.33. The average Bonchev–Trinajstić information content (AvgIpc) is 2.68. The number of amides is 1. The maximum absolute atomic E-state index is 11.8. The molecule has 1 aliphatic rings. The molecule has 1 saturated heterocycles. The fourth-order valence-electron chi connectivity index (χ4n) is 3.19. The normalized spacial score (nSPS) is 25.2. The van der Waals surface area contributed by atoms with Gasteiger partial charge in [-0.15, -0.1) is 0 Å². The molecule has 10 heteroatoms. The number of nitrogens with one attached hydrogen (secondary N) is 1. The minimum atomic E-state index is -1.14. The molecule has 0 unspecified atom stereocenters. The van der Waals surface area contributed by atoms with Gasteiger partial charge in [0, 0.05) is 27.7 Å². The number of carbonyl (C=O) groups is 4. The van der Waals surface area contributed by atoms with E-state index in [1.807, 2.05) is 30.3 Å². The fourth-order valence-corrected chi connectivity index (χ4v) is 3.19. The van der Waals surface area contributed by atoms with Gasteiger partial charge in [-0.05, 0) is 5.56 Å². The highest BCUT2D eigenvalue weighted by atomic mass is 16.7. The second-order valence-electron chi connectivity index (χ2n) is 7.02. The van der Waals surface area contributed by atoms with Gasteiger partial charge in [-0.1, -0.05) is 30.3 Å². The van der Waals surface area contributed by atoms with E-state index in [2.05, 4.69) is 5.32 Å². The number of esters is 3. The lowest BCUT2D eigenvalue weighted by Crippen LogP contribution is -2.66. The molecule has 5 atom stereocenters. The maximum atomic E-state index is 11.8. The van der Waals surface area contributed by atoms with Crippen molar-refractivity contribution >= 4 is 23.8 Å². The van der Waals surface area contributed by atoms with E-state index in [1.54, 1.807) is 0 Å². The minimum Gasteiger partial charge on any atom is -0.463 e. The molecule has 1 heterocycles. The number of rotatable bonds is 8. The van der Waals surface area contributed by atoms with E-state index in [9.17, 15) is 19.2 Å². The molecular weight excluding hydrogens is 410 g/mol. The van der Waals surface area contributed by atoms with Crippen LogP contribution in [0.3, 0.4) is 0 Å². The lowest BCUT2D eigenvalue weighted by molar-refractivity contribution is -0.280. The van der Waals surface area contributed by atoms with Crippen molar-refractivity contribution in [1.29, 1.82) is 0 Å². The van der Waals surface area contributed by atoms with E-state index in [-0.39, 0.29) is 13.2 Å². The van der Waals surface area contributed by atoms with Crippen molar-refractivity contribution in [2.75, 3.05) is 6.61 Å². The Hall–Kier alpha value is -2.98. The summed E-state index contributed by atoms with van der Waals surface area (Å²) in [4.78, 5) is 46.7. The highest BCUT2D eigenvalue weighted by Gasteiger charge is 2.51. The van der Waals surface area contributed by atoms with Gasteiger partial charge in [-0.25, -0.2) is 0 Å². The zero-order valence-electron chi connectivity index (χ0n) is 17.9. The molecule has 1 amide bonds. The van der Waals surface area contributed by atoms with Crippen LogP contribution in [-0.4, -0.2) is 61.1 Å².